The average molecular weight is 471 g/mol. The van der Waals surface area contributed by atoms with Crippen LogP contribution in [0.4, 0.5) is 0 Å². The summed E-state index contributed by atoms with van der Waals surface area (Å²) in [7, 11) is 1.59. The summed E-state index contributed by atoms with van der Waals surface area (Å²) < 4.78 is 11.6. The van der Waals surface area contributed by atoms with Crippen LogP contribution in [0.1, 0.15) is 41.0 Å². The third kappa shape index (κ3) is 5.29. The molecule has 1 aliphatic rings. The number of nitrogens with zero attached hydrogens (tertiary/aromatic N) is 3. The van der Waals surface area contributed by atoms with Crippen molar-refractivity contribution in [3.8, 4) is 11.5 Å². The quantitative estimate of drug-likeness (QED) is 0.410. The van der Waals surface area contributed by atoms with Crippen LogP contribution in [-0.4, -0.2) is 46.0 Å². The molecule has 0 radical (unpaired) electrons. The van der Waals surface area contributed by atoms with Gasteiger partial charge >= 0.3 is 0 Å². The van der Waals surface area contributed by atoms with E-state index < -0.39 is 0 Å². The lowest BCUT2D eigenvalue weighted by atomic mass is 9.95. The Morgan fingerprint density at radius 2 is 2.00 bits per heavy atom. The van der Waals surface area contributed by atoms with Crippen LogP contribution in [-0.2, 0) is 13.0 Å². The molecule has 0 spiro atoms. The number of rotatable bonds is 7. The third-order valence-electron chi connectivity index (χ3n) is 6.62. The summed E-state index contributed by atoms with van der Waals surface area (Å²) in [6.07, 6.45) is 7.57. The number of carbonyl (C=O) groups excluding carboxylic acids is 1. The molecule has 3 aromatic heterocycles. The zero-order chi connectivity index (χ0) is 24.0. The fourth-order valence-corrected chi connectivity index (χ4v) is 4.75. The highest BCUT2D eigenvalue weighted by molar-refractivity contribution is 5.97. The number of amides is 1. The zero-order valence-electron chi connectivity index (χ0n) is 19.9. The first-order chi connectivity index (χ1) is 17.2. The Balaban J connectivity index is 1.27. The monoisotopic (exact) mass is 470 g/mol. The van der Waals surface area contributed by atoms with Gasteiger partial charge in [-0.1, -0.05) is 12.1 Å². The summed E-state index contributed by atoms with van der Waals surface area (Å²) in [5.74, 6) is 1.49. The molecule has 0 saturated carbocycles. The van der Waals surface area contributed by atoms with E-state index in [0.29, 0.717) is 29.5 Å². The van der Waals surface area contributed by atoms with Gasteiger partial charge in [-0.05, 0) is 74.1 Å². The van der Waals surface area contributed by atoms with Gasteiger partial charge in [0, 0.05) is 36.6 Å². The van der Waals surface area contributed by atoms with E-state index in [1.54, 1.807) is 13.3 Å². The Labute approximate surface area is 205 Å². The number of aromatic amines is 1. The summed E-state index contributed by atoms with van der Waals surface area (Å²) in [5.41, 5.74) is 3.35. The molecule has 0 bridgehead atoms. The first-order valence-electron chi connectivity index (χ1n) is 12.1. The largest absolute Gasteiger partial charge is 0.493 e. The number of nitrogens with one attached hydrogen (secondary N) is 1. The van der Waals surface area contributed by atoms with Gasteiger partial charge in [-0.3, -0.25) is 9.78 Å². The summed E-state index contributed by atoms with van der Waals surface area (Å²) in [4.78, 5) is 27.8. The highest BCUT2D eigenvalue weighted by Crippen LogP contribution is 2.33. The van der Waals surface area contributed by atoms with Crippen molar-refractivity contribution in [2.75, 3.05) is 20.2 Å². The minimum atomic E-state index is -0.0218. The number of carbonyl (C=O) groups is 1. The lowest BCUT2D eigenvalue weighted by Crippen LogP contribution is -2.32. The van der Waals surface area contributed by atoms with Crippen LogP contribution < -0.4 is 9.47 Å². The van der Waals surface area contributed by atoms with Crippen LogP contribution >= 0.6 is 0 Å². The van der Waals surface area contributed by atoms with Gasteiger partial charge in [0.05, 0.1) is 18.4 Å². The second-order valence-electron chi connectivity index (χ2n) is 8.96. The number of benzene rings is 1. The summed E-state index contributed by atoms with van der Waals surface area (Å²) in [5, 5.41) is 1.13. The first kappa shape index (κ1) is 22.9. The summed E-state index contributed by atoms with van der Waals surface area (Å²) in [6, 6.07) is 17.4. The maximum absolute atomic E-state index is 13.6. The predicted octanol–water partition coefficient (Wildman–Crippen LogP) is 5.03. The molecule has 180 valence electrons. The van der Waals surface area contributed by atoms with Crippen molar-refractivity contribution in [2.24, 2.45) is 5.92 Å². The maximum atomic E-state index is 13.6. The molecule has 7 heteroatoms. The van der Waals surface area contributed by atoms with Gasteiger partial charge in [0.1, 0.15) is 12.3 Å². The fourth-order valence-electron chi connectivity index (χ4n) is 4.75. The molecule has 0 unspecified atom stereocenters. The normalized spacial score (nSPS) is 16.1. The van der Waals surface area contributed by atoms with Crippen LogP contribution in [0.2, 0.25) is 0 Å². The lowest BCUT2D eigenvalue weighted by molar-refractivity contribution is 0.0754. The highest BCUT2D eigenvalue weighted by atomic mass is 16.5. The average Bonchev–Trinajstić information content (AvgIpc) is 3.24. The molecule has 1 saturated heterocycles. The van der Waals surface area contributed by atoms with E-state index in [9.17, 15) is 4.79 Å². The van der Waals surface area contributed by atoms with Crippen molar-refractivity contribution in [3.63, 3.8) is 0 Å². The van der Waals surface area contributed by atoms with E-state index in [1.165, 1.54) is 0 Å². The number of hydrogen-bond donors (Lipinski definition) is 1. The second kappa shape index (κ2) is 10.6. The molecule has 1 fully saturated rings. The standard InChI is InChI=1S/C28H30N4O3/c1-34-25-9-4-8-24(26(25)35-19-23-7-2-3-14-29-23)28(33)32-16-5-6-20(13-17-32)18-22-11-10-21-12-15-30-27(21)31-22/h2-4,7-12,14-15,20H,5-6,13,16-19H2,1H3,(H,30,31)/t20-/m0/s1. The van der Waals surface area contributed by atoms with Crippen molar-refractivity contribution in [3.05, 3.63) is 83.9 Å². The van der Waals surface area contributed by atoms with Crippen molar-refractivity contribution in [1.29, 1.82) is 0 Å². The number of likely N-dealkylation sites (tertiary alicyclic amines) is 1. The lowest BCUT2D eigenvalue weighted by Gasteiger charge is -2.23. The number of methoxy groups -OCH3 is 1. The van der Waals surface area contributed by atoms with Gasteiger partial charge in [0.2, 0.25) is 0 Å². The van der Waals surface area contributed by atoms with E-state index in [4.69, 9.17) is 14.5 Å². The molecule has 1 N–H and O–H groups in total. The Bertz CT molecular complexity index is 1290. The van der Waals surface area contributed by atoms with Crippen molar-refractivity contribution >= 4 is 16.9 Å². The van der Waals surface area contributed by atoms with E-state index in [2.05, 4.69) is 22.1 Å². The number of H-pyrrole nitrogens is 1. The molecule has 1 aliphatic heterocycles. The number of aromatic nitrogens is 3. The molecule has 4 heterocycles. The van der Waals surface area contributed by atoms with Crippen LogP contribution in [0.25, 0.3) is 11.0 Å². The Hall–Kier alpha value is -3.87. The molecular formula is C28H30N4O3. The van der Waals surface area contributed by atoms with Crippen LogP contribution in [0, 0.1) is 5.92 Å². The van der Waals surface area contributed by atoms with Crippen LogP contribution in [0.5, 0.6) is 11.5 Å². The molecule has 0 aliphatic carbocycles. The molecule has 4 aromatic rings. The molecular weight excluding hydrogens is 440 g/mol. The highest BCUT2D eigenvalue weighted by Gasteiger charge is 2.26. The molecule has 1 atom stereocenters. The van der Waals surface area contributed by atoms with Gasteiger partial charge in [-0.25, -0.2) is 4.98 Å². The van der Waals surface area contributed by atoms with E-state index >= 15 is 0 Å². The third-order valence-corrected chi connectivity index (χ3v) is 6.62. The van der Waals surface area contributed by atoms with Crippen molar-refractivity contribution < 1.29 is 14.3 Å². The Kier molecular flexibility index (Phi) is 6.93. The maximum Gasteiger partial charge on any atom is 0.257 e. The number of hydrogen-bond acceptors (Lipinski definition) is 5. The molecule has 35 heavy (non-hydrogen) atoms. The Morgan fingerprint density at radius 1 is 1.06 bits per heavy atom. The van der Waals surface area contributed by atoms with Gasteiger partial charge in [-0.15, -0.1) is 0 Å². The Morgan fingerprint density at radius 3 is 2.86 bits per heavy atom. The van der Waals surface area contributed by atoms with Gasteiger partial charge in [0.15, 0.2) is 11.5 Å². The summed E-state index contributed by atoms with van der Waals surface area (Å²) >= 11 is 0. The van der Waals surface area contributed by atoms with Crippen molar-refractivity contribution in [1.82, 2.24) is 19.9 Å². The van der Waals surface area contributed by atoms with E-state index in [1.807, 2.05) is 53.6 Å². The second-order valence-corrected chi connectivity index (χ2v) is 8.96. The fraction of sp³-hybridized carbons (Fsp3) is 0.321. The van der Waals surface area contributed by atoms with Gasteiger partial charge in [0.25, 0.3) is 5.91 Å². The van der Waals surface area contributed by atoms with Crippen LogP contribution in [0.15, 0.2) is 67.0 Å². The van der Waals surface area contributed by atoms with Gasteiger partial charge < -0.3 is 19.4 Å². The molecule has 1 aromatic carbocycles. The SMILES string of the molecule is COc1cccc(C(=O)N2CCC[C@H](Cc3ccc4cc[nH]c4n3)CC2)c1OCc1ccccn1. The zero-order valence-corrected chi connectivity index (χ0v) is 19.9. The van der Waals surface area contributed by atoms with Crippen LogP contribution in [0.3, 0.4) is 0 Å². The molecule has 1 amide bonds. The minimum absolute atomic E-state index is 0.0218. The smallest absolute Gasteiger partial charge is 0.257 e. The number of ether oxygens (including phenoxy) is 2. The molecule has 7 nitrogen and oxygen atoms in total. The van der Waals surface area contributed by atoms with Crippen molar-refractivity contribution in [2.45, 2.75) is 32.3 Å². The van der Waals surface area contributed by atoms with Gasteiger partial charge in [-0.2, -0.15) is 0 Å². The topological polar surface area (TPSA) is 80.3 Å². The summed E-state index contributed by atoms with van der Waals surface area (Å²) in [6.45, 7) is 1.71. The molecule has 5 rings (SSSR count). The first-order valence-corrected chi connectivity index (χ1v) is 12.1. The number of para-hydroxylation sites is 1. The minimum Gasteiger partial charge on any atom is -0.493 e. The number of fused-ring (bicyclic) bond motifs is 1. The number of pyridine rings is 2. The van der Waals surface area contributed by atoms with E-state index in [-0.39, 0.29) is 12.5 Å². The predicted molar refractivity (Wildman–Crippen MR) is 135 cm³/mol. The van der Waals surface area contributed by atoms with E-state index in [0.717, 1.165) is 54.6 Å².